The van der Waals surface area contributed by atoms with E-state index < -0.39 is 21.0 Å². The van der Waals surface area contributed by atoms with Crippen molar-refractivity contribution in [2.24, 2.45) is 0 Å². The quantitative estimate of drug-likeness (QED) is 0.862. The molecule has 1 aromatic rings. The first kappa shape index (κ1) is 14.7. The number of carbonyl (C=O) groups is 2. The summed E-state index contributed by atoms with van der Waals surface area (Å²) < 4.78 is 23.8. The van der Waals surface area contributed by atoms with Crippen molar-refractivity contribution in [3.63, 3.8) is 0 Å². The van der Waals surface area contributed by atoms with Crippen LogP contribution in [-0.2, 0) is 14.6 Å². The third-order valence-electron chi connectivity index (χ3n) is 3.44. The highest BCUT2D eigenvalue weighted by Gasteiger charge is 2.35. The van der Waals surface area contributed by atoms with E-state index in [2.05, 4.69) is 5.32 Å². The Morgan fingerprint density at radius 1 is 1.20 bits per heavy atom. The van der Waals surface area contributed by atoms with Crippen molar-refractivity contribution in [3.05, 3.63) is 29.8 Å². The van der Waals surface area contributed by atoms with Crippen LogP contribution in [0.1, 0.15) is 36.5 Å². The van der Waals surface area contributed by atoms with Crippen molar-refractivity contribution in [1.29, 1.82) is 0 Å². The van der Waals surface area contributed by atoms with Gasteiger partial charge in [-0.05, 0) is 31.9 Å². The van der Waals surface area contributed by atoms with Gasteiger partial charge in [0.25, 0.3) is 0 Å². The molecule has 1 aliphatic rings. The van der Waals surface area contributed by atoms with Gasteiger partial charge >= 0.3 is 0 Å². The molecule has 0 radical (unpaired) electrons. The van der Waals surface area contributed by atoms with Crippen LogP contribution < -0.4 is 5.32 Å². The second-order valence-corrected chi connectivity index (χ2v) is 7.25. The van der Waals surface area contributed by atoms with Crippen molar-refractivity contribution in [3.8, 4) is 0 Å². The molecule has 0 bridgehead atoms. The molecule has 6 heteroatoms. The van der Waals surface area contributed by atoms with Gasteiger partial charge in [-0.3, -0.25) is 9.59 Å². The first-order valence-electron chi connectivity index (χ1n) is 6.54. The highest BCUT2D eigenvalue weighted by atomic mass is 32.2. The lowest BCUT2D eigenvalue weighted by Crippen LogP contribution is -2.39. The third kappa shape index (κ3) is 3.07. The second kappa shape index (κ2) is 5.75. The molecule has 20 heavy (non-hydrogen) atoms. The molecule has 1 amide bonds. The molecule has 5 nitrogen and oxygen atoms in total. The Kier molecular flexibility index (Phi) is 4.23. The van der Waals surface area contributed by atoms with Crippen LogP contribution in [0.3, 0.4) is 0 Å². The molecule has 1 unspecified atom stereocenters. The zero-order valence-electron chi connectivity index (χ0n) is 11.3. The first-order valence-corrected chi connectivity index (χ1v) is 8.26. The highest BCUT2D eigenvalue weighted by molar-refractivity contribution is 7.92. The van der Waals surface area contributed by atoms with Crippen LogP contribution in [0.2, 0.25) is 0 Å². The Balaban J connectivity index is 2.22. The molecule has 0 saturated carbocycles. The Hall–Kier alpha value is -1.69. The van der Waals surface area contributed by atoms with Crippen LogP contribution in [0.25, 0.3) is 0 Å². The van der Waals surface area contributed by atoms with E-state index in [-0.39, 0.29) is 11.5 Å². The molecule has 1 saturated heterocycles. The number of hydrogen-bond acceptors (Lipinski definition) is 4. The number of ketones is 1. The number of Topliss-reactive ketones (excluding diaryl/α,β-unsaturated/α-hetero) is 1. The van der Waals surface area contributed by atoms with E-state index in [4.69, 9.17) is 0 Å². The van der Waals surface area contributed by atoms with Gasteiger partial charge < -0.3 is 5.32 Å². The topological polar surface area (TPSA) is 80.3 Å². The number of amides is 1. The largest absolute Gasteiger partial charge is 0.324 e. The summed E-state index contributed by atoms with van der Waals surface area (Å²) in [5.74, 6) is -0.662. The molecular weight excluding hydrogens is 278 g/mol. The summed E-state index contributed by atoms with van der Waals surface area (Å²) in [5, 5.41) is 1.57. The standard InChI is InChI=1S/C14H17NO4S/c1-10(16)11-6-2-3-7-12(11)15-14(17)13-8-4-5-9-20(13,18)19/h2-3,6-7,13H,4-5,8-9H2,1H3,(H,15,17). The summed E-state index contributed by atoms with van der Waals surface area (Å²) >= 11 is 0. The summed E-state index contributed by atoms with van der Waals surface area (Å²) in [7, 11) is -3.37. The molecule has 1 N–H and O–H groups in total. The number of hydrogen-bond donors (Lipinski definition) is 1. The number of nitrogens with one attached hydrogen (secondary N) is 1. The molecule has 2 rings (SSSR count). The van der Waals surface area contributed by atoms with Crippen LogP contribution >= 0.6 is 0 Å². The van der Waals surface area contributed by atoms with Crippen molar-refractivity contribution in [1.82, 2.24) is 0 Å². The summed E-state index contributed by atoms with van der Waals surface area (Å²) in [5.41, 5.74) is 0.750. The predicted molar refractivity (Wildman–Crippen MR) is 76.5 cm³/mol. The van der Waals surface area contributed by atoms with Crippen LogP contribution in [0.15, 0.2) is 24.3 Å². The average Bonchev–Trinajstić information content (AvgIpc) is 2.38. The number of anilines is 1. The molecule has 1 aliphatic heterocycles. The van der Waals surface area contributed by atoms with Gasteiger partial charge in [0.05, 0.1) is 11.4 Å². The molecule has 1 atom stereocenters. The van der Waals surface area contributed by atoms with Crippen molar-refractivity contribution >= 4 is 27.2 Å². The Bertz CT molecular complexity index is 636. The van der Waals surface area contributed by atoms with Crippen LogP contribution in [-0.4, -0.2) is 31.1 Å². The molecule has 1 aromatic carbocycles. The molecule has 1 heterocycles. The zero-order chi connectivity index (χ0) is 14.8. The van der Waals surface area contributed by atoms with E-state index in [1.165, 1.54) is 6.92 Å². The van der Waals surface area contributed by atoms with Gasteiger partial charge in [0.2, 0.25) is 5.91 Å². The van der Waals surface area contributed by atoms with E-state index in [0.717, 1.165) is 6.42 Å². The summed E-state index contributed by atoms with van der Waals surface area (Å²) in [4.78, 5) is 23.6. The number of para-hydroxylation sites is 1. The first-order chi connectivity index (χ1) is 9.42. The number of benzene rings is 1. The third-order valence-corrected chi connectivity index (χ3v) is 5.61. The molecule has 0 aliphatic carbocycles. The summed E-state index contributed by atoms with van der Waals surface area (Å²) in [6, 6.07) is 6.60. The minimum atomic E-state index is -3.37. The van der Waals surface area contributed by atoms with Crippen molar-refractivity contribution in [2.75, 3.05) is 11.1 Å². The fourth-order valence-electron chi connectivity index (χ4n) is 2.36. The molecule has 0 spiro atoms. The highest BCUT2D eigenvalue weighted by Crippen LogP contribution is 2.22. The molecule has 1 fully saturated rings. The van der Waals surface area contributed by atoms with Gasteiger partial charge in [-0.2, -0.15) is 0 Å². The van der Waals surface area contributed by atoms with Crippen LogP contribution in [0.5, 0.6) is 0 Å². The van der Waals surface area contributed by atoms with Gasteiger partial charge in [-0.15, -0.1) is 0 Å². The van der Waals surface area contributed by atoms with Gasteiger partial charge in [0.1, 0.15) is 5.25 Å². The summed E-state index contributed by atoms with van der Waals surface area (Å²) in [6.45, 7) is 1.41. The maximum atomic E-state index is 12.2. The Morgan fingerprint density at radius 3 is 2.55 bits per heavy atom. The normalized spacial score (nSPS) is 21.1. The van der Waals surface area contributed by atoms with Crippen molar-refractivity contribution in [2.45, 2.75) is 31.4 Å². The average molecular weight is 295 g/mol. The summed E-state index contributed by atoms with van der Waals surface area (Å²) in [6.07, 6.45) is 1.68. The van der Waals surface area contributed by atoms with E-state index >= 15 is 0 Å². The van der Waals surface area contributed by atoms with Gasteiger partial charge in [0.15, 0.2) is 15.6 Å². The molecular formula is C14H17NO4S. The SMILES string of the molecule is CC(=O)c1ccccc1NC(=O)C1CCCCS1(=O)=O. The maximum Gasteiger partial charge on any atom is 0.242 e. The zero-order valence-corrected chi connectivity index (χ0v) is 12.1. The van der Waals surface area contributed by atoms with Gasteiger partial charge in [-0.1, -0.05) is 18.6 Å². The van der Waals surface area contributed by atoms with Gasteiger partial charge in [0, 0.05) is 5.56 Å². The monoisotopic (exact) mass is 295 g/mol. The second-order valence-electron chi connectivity index (χ2n) is 4.94. The number of carbonyl (C=O) groups excluding carboxylic acids is 2. The number of sulfone groups is 1. The van der Waals surface area contributed by atoms with E-state index in [1.54, 1.807) is 24.3 Å². The van der Waals surface area contributed by atoms with Crippen molar-refractivity contribution < 1.29 is 18.0 Å². The number of rotatable bonds is 3. The minimum absolute atomic E-state index is 0.0550. The Morgan fingerprint density at radius 2 is 1.90 bits per heavy atom. The van der Waals surface area contributed by atoms with E-state index in [9.17, 15) is 18.0 Å². The van der Waals surface area contributed by atoms with E-state index in [1.807, 2.05) is 0 Å². The lowest BCUT2D eigenvalue weighted by molar-refractivity contribution is -0.116. The van der Waals surface area contributed by atoms with Crippen LogP contribution in [0, 0.1) is 0 Å². The lowest BCUT2D eigenvalue weighted by Gasteiger charge is -2.21. The lowest BCUT2D eigenvalue weighted by atomic mass is 10.1. The van der Waals surface area contributed by atoms with Gasteiger partial charge in [-0.25, -0.2) is 8.42 Å². The molecule has 0 aromatic heterocycles. The fourth-order valence-corrected chi connectivity index (χ4v) is 4.16. The van der Waals surface area contributed by atoms with E-state index in [0.29, 0.717) is 24.1 Å². The fraction of sp³-hybridized carbons (Fsp3) is 0.429. The maximum absolute atomic E-state index is 12.2. The minimum Gasteiger partial charge on any atom is -0.324 e. The molecule has 108 valence electrons. The smallest absolute Gasteiger partial charge is 0.242 e. The Labute approximate surface area is 118 Å². The predicted octanol–water partition coefficient (Wildman–Crippen LogP) is 1.79. The van der Waals surface area contributed by atoms with Crippen LogP contribution in [0.4, 0.5) is 5.69 Å².